The van der Waals surface area contributed by atoms with Gasteiger partial charge in [-0.1, -0.05) is 20.8 Å². The minimum atomic E-state index is 0.176. The fraction of sp³-hybridized carbons (Fsp3) is 0.769. The molecule has 1 heterocycles. The molecular formula is C13H23N3S. The number of nitrogens with zero attached hydrogens (tertiary/aromatic N) is 2. The molecule has 3 nitrogen and oxygen atoms in total. The molecule has 0 radical (unpaired) electrons. The predicted molar refractivity (Wildman–Crippen MR) is 74.7 cm³/mol. The third-order valence-electron chi connectivity index (χ3n) is 3.36. The Morgan fingerprint density at radius 3 is 2.88 bits per heavy atom. The van der Waals surface area contributed by atoms with Crippen molar-refractivity contribution in [1.82, 2.24) is 4.98 Å². The van der Waals surface area contributed by atoms with Gasteiger partial charge in [-0.25, -0.2) is 4.98 Å². The molecule has 2 rings (SSSR count). The van der Waals surface area contributed by atoms with Crippen molar-refractivity contribution < 1.29 is 0 Å². The molecule has 0 aromatic carbocycles. The molecule has 0 saturated carbocycles. The maximum atomic E-state index is 6.26. The standard InChI is InChI=1S/C13H23N3S/c1-5-6-16(4)12-15-10-8-13(2,3)7-9(14)11(10)17-12/h9H,5-8,14H2,1-4H3. The summed E-state index contributed by atoms with van der Waals surface area (Å²) in [6.07, 6.45) is 3.28. The summed E-state index contributed by atoms with van der Waals surface area (Å²) in [5.74, 6) is 0. The van der Waals surface area contributed by atoms with E-state index in [2.05, 4.69) is 32.7 Å². The summed E-state index contributed by atoms with van der Waals surface area (Å²) in [6.45, 7) is 7.82. The van der Waals surface area contributed by atoms with Crippen LogP contribution in [0, 0.1) is 5.41 Å². The molecule has 0 fully saturated rings. The number of aromatic nitrogens is 1. The summed E-state index contributed by atoms with van der Waals surface area (Å²) in [5.41, 5.74) is 7.79. The van der Waals surface area contributed by atoms with Crippen LogP contribution in [0.3, 0.4) is 0 Å². The van der Waals surface area contributed by atoms with Gasteiger partial charge in [-0.2, -0.15) is 0 Å². The van der Waals surface area contributed by atoms with Gasteiger partial charge < -0.3 is 10.6 Å². The van der Waals surface area contributed by atoms with Gasteiger partial charge in [0.1, 0.15) is 0 Å². The van der Waals surface area contributed by atoms with Crippen LogP contribution in [0.15, 0.2) is 0 Å². The van der Waals surface area contributed by atoms with Gasteiger partial charge in [0.15, 0.2) is 5.13 Å². The lowest BCUT2D eigenvalue weighted by Crippen LogP contribution is -2.28. The van der Waals surface area contributed by atoms with Crippen molar-refractivity contribution in [2.75, 3.05) is 18.5 Å². The molecular weight excluding hydrogens is 230 g/mol. The van der Waals surface area contributed by atoms with E-state index >= 15 is 0 Å². The van der Waals surface area contributed by atoms with Gasteiger partial charge in [0.05, 0.1) is 5.69 Å². The Kier molecular flexibility index (Phi) is 3.46. The minimum Gasteiger partial charge on any atom is -0.351 e. The van der Waals surface area contributed by atoms with E-state index in [1.54, 1.807) is 11.3 Å². The zero-order valence-electron chi connectivity index (χ0n) is 11.3. The van der Waals surface area contributed by atoms with Crippen molar-refractivity contribution in [2.45, 2.75) is 46.1 Å². The highest BCUT2D eigenvalue weighted by molar-refractivity contribution is 7.15. The number of rotatable bonds is 3. The van der Waals surface area contributed by atoms with Gasteiger partial charge in [0.25, 0.3) is 0 Å². The second kappa shape index (κ2) is 4.58. The molecule has 0 amide bonds. The Labute approximate surface area is 108 Å². The summed E-state index contributed by atoms with van der Waals surface area (Å²) in [6, 6.07) is 0.176. The molecule has 2 N–H and O–H groups in total. The van der Waals surface area contributed by atoms with Crippen LogP contribution in [0.4, 0.5) is 5.13 Å². The van der Waals surface area contributed by atoms with Crippen molar-refractivity contribution in [3.05, 3.63) is 10.6 Å². The normalized spacial score (nSPS) is 22.3. The van der Waals surface area contributed by atoms with E-state index in [4.69, 9.17) is 10.7 Å². The molecule has 1 atom stereocenters. The summed E-state index contributed by atoms with van der Waals surface area (Å²) < 4.78 is 0. The molecule has 96 valence electrons. The van der Waals surface area contributed by atoms with E-state index in [9.17, 15) is 0 Å². The Hall–Kier alpha value is -0.610. The van der Waals surface area contributed by atoms with Crippen LogP contribution in [0.25, 0.3) is 0 Å². The topological polar surface area (TPSA) is 42.2 Å². The summed E-state index contributed by atoms with van der Waals surface area (Å²) >= 11 is 1.78. The molecule has 1 aromatic rings. The van der Waals surface area contributed by atoms with Crippen molar-refractivity contribution in [3.63, 3.8) is 0 Å². The van der Waals surface area contributed by atoms with Crippen LogP contribution < -0.4 is 10.6 Å². The first-order valence-electron chi connectivity index (χ1n) is 6.39. The van der Waals surface area contributed by atoms with Crippen LogP contribution in [0.2, 0.25) is 0 Å². The molecule has 0 saturated heterocycles. The highest BCUT2D eigenvalue weighted by atomic mass is 32.1. The quantitative estimate of drug-likeness (QED) is 0.900. The smallest absolute Gasteiger partial charge is 0.185 e. The molecule has 1 aliphatic rings. The maximum Gasteiger partial charge on any atom is 0.185 e. The van der Waals surface area contributed by atoms with E-state index < -0.39 is 0 Å². The SMILES string of the molecule is CCCN(C)c1nc2c(s1)C(N)CC(C)(C)C2. The van der Waals surface area contributed by atoms with Gasteiger partial charge in [-0.15, -0.1) is 11.3 Å². The molecule has 1 aromatic heterocycles. The first-order valence-corrected chi connectivity index (χ1v) is 7.21. The Morgan fingerprint density at radius 1 is 1.53 bits per heavy atom. The number of hydrogen-bond acceptors (Lipinski definition) is 4. The number of hydrogen-bond donors (Lipinski definition) is 1. The largest absolute Gasteiger partial charge is 0.351 e. The van der Waals surface area contributed by atoms with Crippen LogP contribution in [0.1, 0.15) is 50.2 Å². The third-order valence-corrected chi connectivity index (χ3v) is 4.70. The van der Waals surface area contributed by atoms with Gasteiger partial charge in [-0.3, -0.25) is 0 Å². The second-order valence-corrected chi connectivity index (χ2v) is 6.89. The molecule has 1 unspecified atom stereocenters. The number of fused-ring (bicyclic) bond motifs is 1. The van der Waals surface area contributed by atoms with Crippen molar-refractivity contribution in [2.24, 2.45) is 11.1 Å². The predicted octanol–water partition coefficient (Wildman–Crippen LogP) is 2.96. The Balaban J connectivity index is 2.26. The maximum absolute atomic E-state index is 6.26. The van der Waals surface area contributed by atoms with Crippen LogP contribution in [0.5, 0.6) is 0 Å². The highest BCUT2D eigenvalue weighted by Crippen LogP contribution is 2.43. The van der Waals surface area contributed by atoms with Crippen LogP contribution in [-0.2, 0) is 6.42 Å². The lowest BCUT2D eigenvalue weighted by Gasteiger charge is -2.32. The van der Waals surface area contributed by atoms with E-state index in [1.165, 1.54) is 10.6 Å². The van der Waals surface area contributed by atoms with E-state index in [1.807, 2.05) is 0 Å². The first kappa shape index (κ1) is 12.8. The van der Waals surface area contributed by atoms with Gasteiger partial charge in [0, 0.05) is 24.5 Å². The molecule has 1 aliphatic carbocycles. The van der Waals surface area contributed by atoms with E-state index in [0.717, 1.165) is 30.9 Å². The zero-order chi connectivity index (χ0) is 12.6. The second-order valence-electron chi connectivity index (χ2n) is 5.88. The Morgan fingerprint density at radius 2 is 2.24 bits per heavy atom. The fourth-order valence-corrected chi connectivity index (χ4v) is 3.64. The monoisotopic (exact) mass is 253 g/mol. The molecule has 0 aliphatic heterocycles. The molecule has 0 bridgehead atoms. The first-order chi connectivity index (χ1) is 7.93. The average molecular weight is 253 g/mol. The summed E-state index contributed by atoms with van der Waals surface area (Å²) in [7, 11) is 2.12. The molecule has 0 spiro atoms. The number of anilines is 1. The zero-order valence-corrected chi connectivity index (χ0v) is 12.1. The van der Waals surface area contributed by atoms with Gasteiger partial charge >= 0.3 is 0 Å². The third kappa shape index (κ3) is 2.63. The van der Waals surface area contributed by atoms with Gasteiger partial charge in [-0.05, 0) is 24.7 Å². The highest BCUT2D eigenvalue weighted by Gasteiger charge is 2.33. The minimum absolute atomic E-state index is 0.176. The van der Waals surface area contributed by atoms with Crippen LogP contribution in [-0.4, -0.2) is 18.6 Å². The van der Waals surface area contributed by atoms with Crippen molar-refractivity contribution in [3.8, 4) is 0 Å². The molecule has 4 heteroatoms. The van der Waals surface area contributed by atoms with Crippen LogP contribution >= 0.6 is 11.3 Å². The average Bonchev–Trinajstić information content (AvgIpc) is 2.60. The van der Waals surface area contributed by atoms with E-state index in [-0.39, 0.29) is 6.04 Å². The number of thiazole rings is 1. The number of nitrogens with two attached hydrogens (primary N) is 1. The Bertz CT molecular complexity index is 397. The fourth-order valence-electron chi connectivity index (χ4n) is 2.57. The lowest BCUT2D eigenvalue weighted by molar-refractivity contribution is 0.282. The van der Waals surface area contributed by atoms with E-state index in [0.29, 0.717) is 5.41 Å². The lowest BCUT2D eigenvalue weighted by atomic mass is 9.77. The van der Waals surface area contributed by atoms with Gasteiger partial charge in [0.2, 0.25) is 0 Å². The summed E-state index contributed by atoms with van der Waals surface area (Å²) in [4.78, 5) is 8.33. The molecule has 17 heavy (non-hydrogen) atoms. The summed E-state index contributed by atoms with van der Waals surface area (Å²) in [5, 5.41) is 1.13. The van der Waals surface area contributed by atoms with Crippen molar-refractivity contribution in [1.29, 1.82) is 0 Å². The van der Waals surface area contributed by atoms with Crippen molar-refractivity contribution >= 4 is 16.5 Å².